The summed E-state index contributed by atoms with van der Waals surface area (Å²) >= 11 is 1.49. The molecule has 0 aliphatic heterocycles. The number of hydrogen-bond donors (Lipinski definition) is 0. The molecule has 0 spiro atoms. The molecule has 0 atom stereocenters. The van der Waals surface area contributed by atoms with E-state index >= 15 is 0 Å². The molecule has 0 unspecified atom stereocenters. The minimum absolute atomic E-state index is 0.00965. The molecule has 0 saturated carbocycles. The Bertz CT molecular complexity index is 1400. The molecule has 0 N–H and O–H groups in total. The fourth-order valence-electron chi connectivity index (χ4n) is 3.90. The molecule has 35 heavy (non-hydrogen) atoms. The summed E-state index contributed by atoms with van der Waals surface area (Å²) in [6, 6.07) is 14.2. The van der Waals surface area contributed by atoms with Crippen molar-refractivity contribution in [1.82, 2.24) is 14.8 Å². The molecule has 0 aliphatic rings. The van der Waals surface area contributed by atoms with Crippen LogP contribution in [0.15, 0.2) is 54.6 Å². The predicted molar refractivity (Wildman–Crippen MR) is 140 cm³/mol. The molecule has 8 nitrogen and oxygen atoms in total. The number of fused-ring (bicyclic) bond motifs is 1. The first-order valence-corrected chi connectivity index (χ1v) is 12.2. The van der Waals surface area contributed by atoms with Crippen LogP contribution in [0.25, 0.3) is 16.3 Å². The van der Waals surface area contributed by atoms with Crippen LogP contribution in [0, 0.1) is 24.0 Å². The summed E-state index contributed by atoms with van der Waals surface area (Å²) in [4.78, 5) is 30.4. The maximum Gasteiger partial charge on any atom is 0.269 e. The van der Waals surface area contributed by atoms with Crippen molar-refractivity contribution in [1.29, 1.82) is 0 Å². The second kappa shape index (κ2) is 10.2. The van der Waals surface area contributed by atoms with E-state index < -0.39 is 4.92 Å². The van der Waals surface area contributed by atoms with Crippen molar-refractivity contribution in [2.24, 2.45) is 0 Å². The second-order valence-electron chi connectivity index (χ2n) is 8.67. The van der Waals surface area contributed by atoms with Gasteiger partial charge in [-0.25, -0.2) is 4.98 Å². The topological polar surface area (TPSA) is 94.2 Å². The third-order valence-corrected chi connectivity index (χ3v) is 6.76. The Hall–Kier alpha value is -3.85. The van der Waals surface area contributed by atoms with Gasteiger partial charge in [-0.3, -0.25) is 24.5 Å². The average Bonchev–Trinajstić information content (AvgIpc) is 3.39. The maximum absolute atomic E-state index is 13.4. The van der Waals surface area contributed by atoms with Gasteiger partial charge >= 0.3 is 0 Å². The molecule has 0 radical (unpaired) electrons. The lowest BCUT2D eigenvalue weighted by atomic mass is 10.0. The number of rotatable bonds is 8. The van der Waals surface area contributed by atoms with Crippen molar-refractivity contribution in [2.75, 3.05) is 11.4 Å². The van der Waals surface area contributed by atoms with E-state index in [9.17, 15) is 14.9 Å². The lowest BCUT2D eigenvalue weighted by Crippen LogP contribution is -2.33. The van der Waals surface area contributed by atoms with E-state index in [-0.39, 0.29) is 11.6 Å². The summed E-state index contributed by atoms with van der Waals surface area (Å²) in [7, 11) is 0. The number of benzene rings is 2. The van der Waals surface area contributed by atoms with Crippen LogP contribution in [0.5, 0.6) is 0 Å². The van der Waals surface area contributed by atoms with Crippen LogP contribution in [0.3, 0.4) is 0 Å². The number of non-ortho nitro benzene ring substituents is 1. The molecular weight excluding hydrogens is 462 g/mol. The van der Waals surface area contributed by atoms with Crippen LogP contribution in [0.2, 0.25) is 0 Å². The average molecular weight is 490 g/mol. The van der Waals surface area contributed by atoms with E-state index in [2.05, 4.69) is 25.0 Å². The molecule has 2 aromatic carbocycles. The molecule has 1 amide bonds. The zero-order valence-electron chi connectivity index (χ0n) is 20.1. The van der Waals surface area contributed by atoms with E-state index in [0.29, 0.717) is 29.7 Å². The quantitative estimate of drug-likeness (QED) is 0.175. The van der Waals surface area contributed by atoms with Crippen molar-refractivity contribution in [2.45, 2.75) is 40.2 Å². The minimum atomic E-state index is -0.447. The molecule has 4 aromatic rings. The standard InChI is InChI=1S/C26H27N5O3S/c1-17(2)22-6-5-7-23-25(22)27-26(35-23)29(14-15-30-19(4)16-18(3)28-30)24(32)13-10-20-8-11-21(12-9-20)31(33)34/h5-13,16-17H,14-15H2,1-4H3. The van der Waals surface area contributed by atoms with Crippen LogP contribution >= 0.6 is 11.3 Å². The van der Waals surface area contributed by atoms with Gasteiger partial charge in [-0.05, 0) is 61.2 Å². The first kappa shape index (κ1) is 24.3. The molecule has 0 fully saturated rings. The minimum Gasteiger partial charge on any atom is -0.283 e. The van der Waals surface area contributed by atoms with Gasteiger partial charge in [0.15, 0.2) is 5.13 Å². The van der Waals surface area contributed by atoms with Gasteiger partial charge in [-0.15, -0.1) is 0 Å². The van der Waals surface area contributed by atoms with Gasteiger partial charge in [0, 0.05) is 30.4 Å². The SMILES string of the molecule is Cc1cc(C)n(CCN(C(=O)C=Cc2ccc([N+](=O)[O-])cc2)c2nc3c(C(C)C)cccc3s2)n1. The third kappa shape index (κ3) is 5.46. The molecular formula is C26H27N5O3S. The Morgan fingerprint density at radius 1 is 1.20 bits per heavy atom. The number of para-hydroxylation sites is 1. The molecule has 9 heteroatoms. The smallest absolute Gasteiger partial charge is 0.269 e. The number of aromatic nitrogens is 3. The summed E-state index contributed by atoms with van der Waals surface area (Å²) in [5.41, 5.74) is 4.75. The van der Waals surface area contributed by atoms with Gasteiger partial charge in [-0.1, -0.05) is 37.3 Å². The second-order valence-corrected chi connectivity index (χ2v) is 9.68. The van der Waals surface area contributed by atoms with E-state index in [1.807, 2.05) is 36.7 Å². The van der Waals surface area contributed by atoms with Crippen molar-refractivity contribution < 1.29 is 9.72 Å². The predicted octanol–water partition coefficient (Wildman–Crippen LogP) is 5.89. The van der Waals surface area contributed by atoms with Crippen molar-refractivity contribution in [3.8, 4) is 0 Å². The van der Waals surface area contributed by atoms with Crippen LogP contribution < -0.4 is 4.90 Å². The van der Waals surface area contributed by atoms with Crippen LogP contribution in [0.1, 0.15) is 42.3 Å². The Kier molecular flexibility index (Phi) is 7.07. The Morgan fingerprint density at radius 3 is 2.57 bits per heavy atom. The Labute approximate surface area is 207 Å². The Balaban J connectivity index is 1.65. The monoisotopic (exact) mass is 489 g/mol. The number of thiazole rings is 1. The lowest BCUT2D eigenvalue weighted by molar-refractivity contribution is -0.384. The summed E-state index contributed by atoms with van der Waals surface area (Å²) in [6.45, 7) is 9.14. The molecule has 180 valence electrons. The number of nitro groups is 1. The van der Waals surface area contributed by atoms with Crippen LogP contribution in [-0.4, -0.2) is 32.1 Å². The number of anilines is 1. The normalized spacial score (nSPS) is 11.6. The summed E-state index contributed by atoms with van der Waals surface area (Å²) in [5.74, 6) is 0.101. The van der Waals surface area contributed by atoms with Crippen molar-refractivity contribution in [3.63, 3.8) is 0 Å². The first-order valence-electron chi connectivity index (χ1n) is 11.4. The zero-order valence-corrected chi connectivity index (χ0v) is 21.0. The van der Waals surface area contributed by atoms with Gasteiger partial charge in [-0.2, -0.15) is 5.10 Å². The highest BCUT2D eigenvalue weighted by atomic mass is 32.1. The number of nitrogens with zero attached hydrogens (tertiary/aromatic N) is 5. The fraction of sp³-hybridized carbons (Fsp3) is 0.269. The Morgan fingerprint density at radius 2 is 1.94 bits per heavy atom. The van der Waals surface area contributed by atoms with Gasteiger partial charge in [0.2, 0.25) is 0 Å². The van der Waals surface area contributed by atoms with Crippen molar-refractivity contribution in [3.05, 3.63) is 87.2 Å². The maximum atomic E-state index is 13.4. The van der Waals surface area contributed by atoms with Gasteiger partial charge in [0.25, 0.3) is 11.6 Å². The number of hydrogen-bond acceptors (Lipinski definition) is 6. The molecule has 0 saturated heterocycles. The zero-order chi connectivity index (χ0) is 25.1. The molecule has 2 aromatic heterocycles. The molecule has 4 rings (SSSR count). The van der Waals surface area contributed by atoms with Gasteiger partial charge in [0.1, 0.15) is 0 Å². The number of amides is 1. The van der Waals surface area contributed by atoms with Gasteiger partial charge < -0.3 is 0 Å². The number of aryl methyl sites for hydroxylation is 2. The van der Waals surface area contributed by atoms with Crippen LogP contribution in [0.4, 0.5) is 10.8 Å². The van der Waals surface area contributed by atoms with Crippen LogP contribution in [-0.2, 0) is 11.3 Å². The van der Waals surface area contributed by atoms with E-state index in [1.165, 1.54) is 29.5 Å². The van der Waals surface area contributed by atoms with Crippen molar-refractivity contribution >= 4 is 44.4 Å². The fourth-order valence-corrected chi connectivity index (χ4v) is 4.93. The highest BCUT2D eigenvalue weighted by Gasteiger charge is 2.20. The highest BCUT2D eigenvalue weighted by molar-refractivity contribution is 7.22. The summed E-state index contributed by atoms with van der Waals surface area (Å²) in [5, 5.41) is 16.0. The lowest BCUT2D eigenvalue weighted by Gasteiger charge is -2.18. The highest BCUT2D eigenvalue weighted by Crippen LogP contribution is 2.33. The summed E-state index contributed by atoms with van der Waals surface area (Å²) < 4.78 is 2.93. The number of carbonyl (C=O) groups excluding carboxylic acids is 1. The third-order valence-electron chi connectivity index (χ3n) is 5.72. The molecule has 0 bridgehead atoms. The summed E-state index contributed by atoms with van der Waals surface area (Å²) in [6.07, 6.45) is 3.15. The van der Waals surface area contributed by atoms with E-state index in [4.69, 9.17) is 4.98 Å². The van der Waals surface area contributed by atoms with E-state index in [1.54, 1.807) is 23.1 Å². The number of carbonyl (C=O) groups is 1. The first-order chi connectivity index (χ1) is 16.7. The molecule has 0 aliphatic carbocycles. The number of nitro benzene ring substituents is 1. The van der Waals surface area contributed by atoms with Gasteiger partial charge in [0.05, 0.1) is 27.4 Å². The van der Waals surface area contributed by atoms with E-state index in [0.717, 1.165) is 27.2 Å². The largest absolute Gasteiger partial charge is 0.283 e. The molecule has 2 heterocycles.